The number of pyridine rings is 1. The number of aromatic carboxylic acids is 1. The molecular weight excluding hydrogens is 263 g/mol. The molecule has 1 aromatic carbocycles. The summed E-state index contributed by atoms with van der Waals surface area (Å²) in [6.07, 6.45) is 0. The molecule has 0 unspecified atom stereocenters. The number of carboxylic acid groups (broad SMARTS) is 1. The molecule has 0 spiro atoms. The Hall–Kier alpha value is -2.94. The van der Waals surface area contributed by atoms with Crippen LogP contribution in [-0.2, 0) is 0 Å². The molecule has 1 aromatic heterocycles. The summed E-state index contributed by atoms with van der Waals surface area (Å²) in [5.74, 6) is -2.00. The van der Waals surface area contributed by atoms with Gasteiger partial charge in [-0.2, -0.15) is 5.26 Å². The second-order valence-electron chi connectivity index (χ2n) is 4.00. The van der Waals surface area contributed by atoms with E-state index < -0.39 is 17.3 Å². The number of ether oxygens (including phenoxy) is 1. The smallest absolute Gasteiger partial charge is 0.338 e. The Bertz CT molecular complexity index is 723. The number of carbonyl (C=O) groups is 1. The van der Waals surface area contributed by atoms with Gasteiger partial charge in [-0.1, -0.05) is 0 Å². The van der Waals surface area contributed by atoms with Crippen molar-refractivity contribution in [3.05, 3.63) is 53.0 Å². The van der Waals surface area contributed by atoms with E-state index in [0.717, 1.165) is 12.1 Å². The zero-order chi connectivity index (χ0) is 14.7. The first-order chi connectivity index (χ1) is 9.49. The lowest BCUT2D eigenvalue weighted by atomic mass is 10.2. The van der Waals surface area contributed by atoms with Gasteiger partial charge >= 0.3 is 5.97 Å². The molecule has 6 heteroatoms. The highest BCUT2D eigenvalue weighted by molar-refractivity contribution is 5.88. The number of halogens is 1. The number of aryl methyl sites for hydroxylation is 1. The van der Waals surface area contributed by atoms with E-state index in [-0.39, 0.29) is 11.6 Å². The number of hydrogen-bond donors (Lipinski definition) is 1. The fourth-order valence-corrected chi connectivity index (χ4v) is 1.61. The average Bonchev–Trinajstić information content (AvgIpc) is 2.37. The molecule has 1 N–H and O–H groups in total. The van der Waals surface area contributed by atoms with Gasteiger partial charge in [-0.05, 0) is 25.1 Å². The van der Waals surface area contributed by atoms with Crippen molar-refractivity contribution in [3.63, 3.8) is 0 Å². The van der Waals surface area contributed by atoms with E-state index in [1.165, 1.54) is 12.1 Å². The first-order valence-electron chi connectivity index (χ1n) is 5.59. The molecule has 0 amide bonds. The highest BCUT2D eigenvalue weighted by atomic mass is 19.1. The fraction of sp³-hybridized carbons (Fsp3) is 0.0714. The summed E-state index contributed by atoms with van der Waals surface area (Å²) < 4.78 is 18.8. The largest absolute Gasteiger partial charge is 0.478 e. The molecule has 0 aliphatic carbocycles. The summed E-state index contributed by atoms with van der Waals surface area (Å²) in [4.78, 5) is 14.7. The molecule has 100 valence electrons. The molecule has 20 heavy (non-hydrogen) atoms. The summed E-state index contributed by atoms with van der Waals surface area (Å²) >= 11 is 0. The van der Waals surface area contributed by atoms with Crippen LogP contribution in [0.2, 0.25) is 0 Å². The van der Waals surface area contributed by atoms with E-state index in [9.17, 15) is 9.18 Å². The Morgan fingerprint density at radius 1 is 1.40 bits per heavy atom. The van der Waals surface area contributed by atoms with Gasteiger partial charge in [0.2, 0.25) is 5.88 Å². The van der Waals surface area contributed by atoms with Gasteiger partial charge in [0.05, 0.1) is 17.2 Å². The zero-order valence-corrected chi connectivity index (χ0v) is 10.4. The highest BCUT2D eigenvalue weighted by Gasteiger charge is 2.11. The van der Waals surface area contributed by atoms with Crippen molar-refractivity contribution < 1.29 is 19.0 Å². The molecule has 0 aliphatic heterocycles. The van der Waals surface area contributed by atoms with E-state index in [4.69, 9.17) is 15.1 Å². The standard InChI is InChI=1S/C14H9FN2O3/c1-8-4-9(7-16)5-13(17-8)20-10-2-3-11(14(18)19)12(15)6-10/h2-6H,1H3,(H,18,19). The second kappa shape index (κ2) is 5.36. The van der Waals surface area contributed by atoms with E-state index >= 15 is 0 Å². The molecule has 0 bridgehead atoms. The number of benzene rings is 1. The van der Waals surface area contributed by atoms with Gasteiger partial charge in [0.1, 0.15) is 11.6 Å². The average molecular weight is 272 g/mol. The summed E-state index contributed by atoms with van der Waals surface area (Å²) in [6.45, 7) is 1.70. The van der Waals surface area contributed by atoms with Crippen LogP contribution in [-0.4, -0.2) is 16.1 Å². The third-order valence-corrected chi connectivity index (χ3v) is 2.45. The van der Waals surface area contributed by atoms with Crippen molar-refractivity contribution in [2.45, 2.75) is 6.92 Å². The van der Waals surface area contributed by atoms with Crippen LogP contribution in [0.4, 0.5) is 4.39 Å². The number of carboxylic acids is 1. The van der Waals surface area contributed by atoms with E-state index in [0.29, 0.717) is 11.3 Å². The van der Waals surface area contributed by atoms with Crippen LogP contribution in [0.25, 0.3) is 0 Å². The van der Waals surface area contributed by atoms with Crippen LogP contribution < -0.4 is 4.74 Å². The minimum absolute atomic E-state index is 0.106. The number of aromatic nitrogens is 1. The van der Waals surface area contributed by atoms with Crippen molar-refractivity contribution >= 4 is 5.97 Å². The molecule has 0 saturated carbocycles. The van der Waals surface area contributed by atoms with Crippen LogP contribution >= 0.6 is 0 Å². The normalized spacial score (nSPS) is 9.85. The van der Waals surface area contributed by atoms with Crippen molar-refractivity contribution in [1.82, 2.24) is 4.98 Å². The molecule has 5 nitrogen and oxygen atoms in total. The predicted molar refractivity (Wildman–Crippen MR) is 67.1 cm³/mol. The molecule has 0 aliphatic rings. The maximum atomic E-state index is 13.5. The van der Waals surface area contributed by atoms with Gasteiger partial charge < -0.3 is 9.84 Å². The Morgan fingerprint density at radius 3 is 2.75 bits per heavy atom. The van der Waals surface area contributed by atoms with Crippen LogP contribution in [0.3, 0.4) is 0 Å². The first kappa shape index (κ1) is 13.5. The molecule has 1 heterocycles. The van der Waals surface area contributed by atoms with Crippen LogP contribution in [0, 0.1) is 24.1 Å². The lowest BCUT2D eigenvalue weighted by molar-refractivity contribution is 0.0692. The Kier molecular flexibility index (Phi) is 3.62. The lowest BCUT2D eigenvalue weighted by Gasteiger charge is -2.07. The van der Waals surface area contributed by atoms with E-state index in [1.807, 2.05) is 6.07 Å². The number of nitrogens with zero attached hydrogens (tertiary/aromatic N) is 2. The van der Waals surface area contributed by atoms with E-state index in [1.54, 1.807) is 13.0 Å². The highest BCUT2D eigenvalue weighted by Crippen LogP contribution is 2.23. The molecule has 0 radical (unpaired) electrons. The molecular formula is C14H9FN2O3. The van der Waals surface area contributed by atoms with Gasteiger partial charge in [-0.25, -0.2) is 14.2 Å². The summed E-state index contributed by atoms with van der Waals surface area (Å²) in [5.41, 5.74) is 0.518. The van der Waals surface area contributed by atoms with Crippen LogP contribution in [0.5, 0.6) is 11.6 Å². The third-order valence-electron chi connectivity index (χ3n) is 2.45. The van der Waals surface area contributed by atoms with Crippen molar-refractivity contribution in [2.24, 2.45) is 0 Å². The molecule has 0 saturated heterocycles. The van der Waals surface area contributed by atoms with Crippen LogP contribution in [0.15, 0.2) is 30.3 Å². The second-order valence-corrected chi connectivity index (χ2v) is 4.00. The SMILES string of the molecule is Cc1cc(C#N)cc(Oc2ccc(C(=O)O)c(F)c2)n1. The minimum Gasteiger partial charge on any atom is -0.478 e. The van der Waals surface area contributed by atoms with Crippen molar-refractivity contribution in [2.75, 3.05) is 0 Å². The lowest BCUT2D eigenvalue weighted by Crippen LogP contribution is -2.00. The third kappa shape index (κ3) is 2.90. The first-order valence-corrected chi connectivity index (χ1v) is 5.59. The predicted octanol–water partition coefficient (Wildman–Crippen LogP) is 2.89. The van der Waals surface area contributed by atoms with Crippen molar-refractivity contribution in [3.8, 4) is 17.7 Å². The Morgan fingerprint density at radius 2 is 2.15 bits per heavy atom. The number of nitriles is 1. The van der Waals surface area contributed by atoms with Gasteiger partial charge in [0, 0.05) is 17.8 Å². The molecule has 0 fully saturated rings. The maximum absolute atomic E-state index is 13.5. The van der Waals surface area contributed by atoms with Gasteiger partial charge in [-0.15, -0.1) is 0 Å². The zero-order valence-electron chi connectivity index (χ0n) is 10.4. The maximum Gasteiger partial charge on any atom is 0.338 e. The minimum atomic E-state index is -1.35. The monoisotopic (exact) mass is 272 g/mol. The number of rotatable bonds is 3. The van der Waals surface area contributed by atoms with Gasteiger partial charge in [0.25, 0.3) is 0 Å². The quantitative estimate of drug-likeness (QED) is 0.928. The van der Waals surface area contributed by atoms with E-state index in [2.05, 4.69) is 4.98 Å². The molecule has 2 aromatic rings. The number of hydrogen-bond acceptors (Lipinski definition) is 4. The van der Waals surface area contributed by atoms with Crippen LogP contribution in [0.1, 0.15) is 21.6 Å². The molecule has 2 rings (SSSR count). The topological polar surface area (TPSA) is 83.2 Å². The summed E-state index contributed by atoms with van der Waals surface area (Å²) in [7, 11) is 0. The van der Waals surface area contributed by atoms with Crippen molar-refractivity contribution in [1.29, 1.82) is 5.26 Å². The molecule has 0 atom stereocenters. The van der Waals surface area contributed by atoms with Gasteiger partial charge in [0.15, 0.2) is 0 Å². The fourth-order valence-electron chi connectivity index (χ4n) is 1.61. The summed E-state index contributed by atoms with van der Waals surface area (Å²) in [6, 6.07) is 8.34. The Labute approximate surface area is 113 Å². The summed E-state index contributed by atoms with van der Waals surface area (Å²) in [5, 5.41) is 17.6. The van der Waals surface area contributed by atoms with Gasteiger partial charge in [-0.3, -0.25) is 0 Å². The Balaban J connectivity index is 2.31.